The quantitative estimate of drug-likeness (QED) is 0.665. The van der Waals surface area contributed by atoms with Crippen LogP contribution in [0.15, 0.2) is 0 Å². The molecule has 0 fully saturated rings. The van der Waals surface area contributed by atoms with Crippen molar-refractivity contribution in [3.05, 3.63) is 0 Å². The maximum absolute atomic E-state index is 11.0. The molecule has 0 saturated carbocycles. The van der Waals surface area contributed by atoms with Crippen LogP contribution < -0.4 is 5.32 Å². The monoisotopic (exact) mass is 157 g/mol. The van der Waals surface area contributed by atoms with Crippen LogP contribution in [0.25, 0.3) is 0 Å². The van der Waals surface area contributed by atoms with Crippen molar-refractivity contribution in [3.8, 4) is 0 Å². The number of amides is 1. The minimum absolute atomic E-state index is 0.111. The van der Waals surface area contributed by atoms with Gasteiger partial charge in [-0.2, -0.15) is 0 Å². The molecule has 66 valence electrons. The summed E-state index contributed by atoms with van der Waals surface area (Å²) in [4.78, 5) is 11.0. The Balaban J connectivity index is 4.01. The highest BCUT2D eigenvalue weighted by Crippen LogP contribution is 2.29. The molecular weight excluding hydrogens is 138 g/mol. The van der Waals surface area contributed by atoms with E-state index in [0.717, 1.165) is 0 Å². The molecule has 0 spiro atoms. The summed E-state index contributed by atoms with van der Waals surface area (Å²) < 4.78 is 0. The van der Waals surface area contributed by atoms with Crippen molar-refractivity contribution >= 4 is 5.91 Å². The van der Waals surface area contributed by atoms with E-state index in [0.29, 0.717) is 12.3 Å². The molecule has 0 saturated heterocycles. The fraction of sp³-hybridized carbons (Fsp3) is 0.889. The summed E-state index contributed by atoms with van der Waals surface area (Å²) in [6.07, 6.45) is 0.612. The average molecular weight is 157 g/mol. The van der Waals surface area contributed by atoms with Crippen LogP contribution in [0.1, 0.15) is 34.1 Å². The van der Waals surface area contributed by atoms with Crippen LogP contribution in [0.2, 0.25) is 0 Å². The number of nitrogens with one attached hydrogen (secondary N) is 1. The maximum atomic E-state index is 11.0. The van der Waals surface area contributed by atoms with Gasteiger partial charge in [0.1, 0.15) is 0 Å². The topological polar surface area (TPSA) is 29.1 Å². The zero-order chi connectivity index (χ0) is 9.07. The van der Waals surface area contributed by atoms with Gasteiger partial charge in [0.2, 0.25) is 5.91 Å². The van der Waals surface area contributed by atoms with Gasteiger partial charge in [-0.3, -0.25) is 4.79 Å². The van der Waals surface area contributed by atoms with Gasteiger partial charge in [-0.1, -0.05) is 27.7 Å². The lowest BCUT2D eigenvalue weighted by Crippen LogP contribution is -2.29. The van der Waals surface area contributed by atoms with Gasteiger partial charge < -0.3 is 5.32 Å². The van der Waals surface area contributed by atoms with Crippen LogP contribution in [-0.2, 0) is 4.79 Å². The van der Waals surface area contributed by atoms with Crippen LogP contribution in [0.3, 0.4) is 0 Å². The van der Waals surface area contributed by atoms with Crippen molar-refractivity contribution in [2.75, 3.05) is 7.05 Å². The predicted molar refractivity (Wildman–Crippen MR) is 47.3 cm³/mol. The van der Waals surface area contributed by atoms with E-state index in [1.165, 1.54) is 0 Å². The Morgan fingerprint density at radius 2 is 1.91 bits per heavy atom. The van der Waals surface area contributed by atoms with Gasteiger partial charge in [-0.15, -0.1) is 0 Å². The van der Waals surface area contributed by atoms with E-state index in [-0.39, 0.29) is 11.3 Å². The lowest BCUT2D eigenvalue weighted by atomic mass is 9.78. The van der Waals surface area contributed by atoms with Crippen LogP contribution in [0.5, 0.6) is 0 Å². The largest absolute Gasteiger partial charge is 0.359 e. The first-order chi connectivity index (χ1) is 4.90. The first-order valence-electron chi connectivity index (χ1n) is 4.10. The standard InChI is InChI=1S/C9H19NO/c1-7(2)9(3,4)6-8(11)10-5/h7H,6H2,1-5H3,(H,10,11). The molecule has 1 N–H and O–H groups in total. The number of rotatable bonds is 3. The summed E-state index contributed by atoms with van der Waals surface area (Å²) in [6, 6.07) is 0. The molecule has 0 aromatic carbocycles. The summed E-state index contributed by atoms with van der Waals surface area (Å²) >= 11 is 0. The Kier molecular flexibility index (Phi) is 3.56. The lowest BCUT2D eigenvalue weighted by Gasteiger charge is -2.27. The summed E-state index contributed by atoms with van der Waals surface area (Å²) in [7, 11) is 1.68. The van der Waals surface area contributed by atoms with E-state index in [1.807, 2.05) is 0 Å². The Morgan fingerprint density at radius 1 is 1.45 bits per heavy atom. The van der Waals surface area contributed by atoms with Crippen molar-refractivity contribution in [1.82, 2.24) is 5.32 Å². The average Bonchev–Trinajstić information content (AvgIpc) is 1.86. The van der Waals surface area contributed by atoms with Crippen molar-refractivity contribution < 1.29 is 4.79 Å². The molecule has 2 heteroatoms. The summed E-state index contributed by atoms with van der Waals surface area (Å²) in [5.41, 5.74) is 0.111. The Morgan fingerprint density at radius 3 is 2.18 bits per heavy atom. The normalized spacial score (nSPS) is 11.8. The molecule has 0 aliphatic carbocycles. The van der Waals surface area contributed by atoms with Crippen molar-refractivity contribution in [2.24, 2.45) is 11.3 Å². The molecule has 0 rings (SSSR count). The Bertz CT molecular complexity index is 138. The number of hydrogen-bond donors (Lipinski definition) is 1. The SMILES string of the molecule is CNC(=O)CC(C)(C)C(C)C. The highest BCUT2D eigenvalue weighted by Gasteiger charge is 2.24. The first-order valence-corrected chi connectivity index (χ1v) is 4.10. The van der Waals surface area contributed by atoms with Gasteiger partial charge in [-0.05, 0) is 11.3 Å². The van der Waals surface area contributed by atoms with E-state index < -0.39 is 0 Å². The third-order valence-corrected chi connectivity index (χ3v) is 2.46. The number of carbonyl (C=O) groups is 1. The number of carbonyl (C=O) groups excluding carboxylic acids is 1. The maximum Gasteiger partial charge on any atom is 0.220 e. The molecule has 11 heavy (non-hydrogen) atoms. The molecule has 0 aliphatic heterocycles. The molecule has 0 aromatic rings. The van der Waals surface area contributed by atoms with Crippen LogP contribution in [-0.4, -0.2) is 13.0 Å². The van der Waals surface area contributed by atoms with Gasteiger partial charge in [0.15, 0.2) is 0 Å². The van der Waals surface area contributed by atoms with Crippen molar-refractivity contribution in [2.45, 2.75) is 34.1 Å². The molecular formula is C9H19NO. The second-order valence-corrected chi connectivity index (χ2v) is 3.99. The van der Waals surface area contributed by atoms with Gasteiger partial charge in [0.05, 0.1) is 0 Å². The first kappa shape index (κ1) is 10.5. The van der Waals surface area contributed by atoms with Crippen molar-refractivity contribution in [1.29, 1.82) is 0 Å². The lowest BCUT2D eigenvalue weighted by molar-refractivity contribution is -0.123. The van der Waals surface area contributed by atoms with E-state index in [1.54, 1.807) is 7.05 Å². The Labute approximate surface area is 69.4 Å². The third kappa shape index (κ3) is 3.40. The van der Waals surface area contributed by atoms with E-state index in [2.05, 4.69) is 33.0 Å². The minimum atomic E-state index is 0.111. The molecule has 0 aromatic heterocycles. The molecule has 0 aliphatic rings. The molecule has 0 bridgehead atoms. The molecule has 0 heterocycles. The Hall–Kier alpha value is -0.530. The van der Waals surface area contributed by atoms with E-state index >= 15 is 0 Å². The second-order valence-electron chi connectivity index (χ2n) is 3.99. The van der Waals surface area contributed by atoms with Gasteiger partial charge >= 0.3 is 0 Å². The smallest absolute Gasteiger partial charge is 0.220 e. The minimum Gasteiger partial charge on any atom is -0.359 e. The fourth-order valence-corrected chi connectivity index (χ4v) is 0.706. The highest BCUT2D eigenvalue weighted by atomic mass is 16.1. The van der Waals surface area contributed by atoms with Gasteiger partial charge in [-0.25, -0.2) is 0 Å². The molecule has 0 atom stereocenters. The molecule has 0 unspecified atom stereocenters. The summed E-state index contributed by atoms with van der Waals surface area (Å²) in [5, 5.41) is 2.64. The van der Waals surface area contributed by atoms with Gasteiger partial charge in [0, 0.05) is 13.5 Å². The molecule has 2 nitrogen and oxygen atoms in total. The van der Waals surface area contributed by atoms with Gasteiger partial charge in [0.25, 0.3) is 0 Å². The number of hydrogen-bond acceptors (Lipinski definition) is 1. The van der Waals surface area contributed by atoms with Crippen LogP contribution in [0, 0.1) is 11.3 Å². The predicted octanol–water partition coefficient (Wildman–Crippen LogP) is 1.80. The summed E-state index contributed by atoms with van der Waals surface area (Å²) in [6.45, 7) is 8.52. The summed E-state index contributed by atoms with van der Waals surface area (Å²) in [5.74, 6) is 0.670. The van der Waals surface area contributed by atoms with E-state index in [4.69, 9.17) is 0 Å². The van der Waals surface area contributed by atoms with Crippen molar-refractivity contribution in [3.63, 3.8) is 0 Å². The second kappa shape index (κ2) is 3.74. The fourth-order valence-electron chi connectivity index (χ4n) is 0.706. The van der Waals surface area contributed by atoms with Crippen LogP contribution >= 0.6 is 0 Å². The third-order valence-electron chi connectivity index (χ3n) is 2.46. The zero-order valence-electron chi connectivity index (χ0n) is 8.19. The highest BCUT2D eigenvalue weighted by molar-refractivity contribution is 5.76. The zero-order valence-corrected chi connectivity index (χ0v) is 8.19. The molecule has 0 radical (unpaired) electrons. The molecule has 1 amide bonds. The van der Waals surface area contributed by atoms with E-state index in [9.17, 15) is 4.79 Å². The van der Waals surface area contributed by atoms with Crippen LogP contribution in [0.4, 0.5) is 0 Å².